The van der Waals surface area contributed by atoms with Gasteiger partial charge in [0, 0.05) is 36.1 Å². The predicted octanol–water partition coefficient (Wildman–Crippen LogP) is 1.29. The van der Waals surface area contributed by atoms with Crippen molar-refractivity contribution in [2.24, 2.45) is 0 Å². The summed E-state index contributed by atoms with van der Waals surface area (Å²) in [4.78, 5) is 28.0. The number of aromatic amines is 1. The molecule has 0 atom stereocenters. The smallest absolute Gasteiger partial charge is 0.311 e. The number of esters is 1. The third-order valence-corrected chi connectivity index (χ3v) is 4.23. The van der Waals surface area contributed by atoms with E-state index in [1.54, 1.807) is 12.3 Å². The lowest BCUT2D eigenvalue weighted by Crippen LogP contribution is -2.25. The number of anilines is 1. The molecule has 24 heavy (non-hydrogen) atoms. The maximum atomic E-state index is 12.3. The minimum atomic E-state index is -0.330. The molecule has 1 aliphatic heterocycles. The zero-order valence-electron chi connectivity index (χ0n) is 13.0. The Bertz CT molecular complexity index is 730. The van der Waals surface area contributed by atoms with Crippen LogP contribution in [0.5, 0.6) is 0 Å². The first-order chi connectivity index (χ1) is 11.2. The van der Waals surface area contributed by atoms with E-state index in [0.717, 1.165) is 24.2 Å². The third-order valence-electron chi connectivity index (χ3n) is 3.42. The van der Waals surface area contributed by atoms with Crippen molar-refractivity contribution in [2.45, 2.75) is 26.3 Å². The molecular weight excluding hydrogens is 354 g/mol. The molecule has 0 saturated heterocycles. The average molecular weight is 372 g/mol. The van der Waals surface area contributed by atoms with Crippen LogP contribution in [-0.4, -0.2) is 40.2 Å². The fourth-order valence-electron chi connectivity index (χ4n) is 2.37. The number of carbonyl (C=O) groups excluding carboxylic acids is 2. The number of aromatic nitrogens is 3. The normalized spacial score (nSPS) is 12.9. The van der Waals surface area contributed by atoms with Crippen molar-refractivity contribution in [3.8, 4) is 0 Å². The number of nitrogens with one attached hydrogen (secondary N) is 3. The highest BCUT2D eigenvalue weighted by Gasteiger charge is 2.22. The Morgan fingerprint density at radius 2 is 2.29 bits per heavy atom. The zero-order chi connectivity index (χ0) is 16.2. The molecule has 0 bridgehead atoms. The third kappa shape index (κ3) is 4.11. The molecule has 0 radical (unpaired) electrons. The van der Waals surface area contributed by atoms with Gasteiger partial charge in [0.2, 0.25) is 0 Å². The van der Waals surface area contributed by atoms with E-state index < -0.39 is 0 Å². The van der Waals surface area contributed by atoms with Crippen LogP contribution in [-0.2, 0) is 28.9 Å². The van der Waals surface area contributed by atoms with E-state index in [1.807, 2.05) is 0 Å². The quantitative estimate of drug-likeness (QED) is 0.683. The molecule has 1 amide bonds. The van der Waals surface area contributed by atoms with Crippen molar-refractivity contribution in [2.75, 3.05) is 18.5 Å². The van der Waals surface area contributed by atoms with Gasteiger partial charge in [0.15, 0.2) is 10.8 Å². The SMILES string of the molecule is CCOC(=O)Cc1csc(NC(=O)c2n[nH]c3c2CNCC3)n1.Cl. The summed E-state index contributed by atoms with van der Waals surface area (Å²) in [5, 5.41) is 15.1. The van der Waals surface area contributed by atoms with Crippen molar-refractivity contribution in [3.05, 3.63) is 28.0 Å². The van der Waals surface area contributed by atoms with E-state index in [1.165, 1.54) is 11.3 Å². The Morgan fingerprint density at radius 1 is 1.46 bits per heavy atom. The van der Waals surface area contributed by atoms with Crippen molar-refractivity contribution >= 4 is 40.8 Å². The Kier molecular flexibility index (Phi) is 6.29. The number of hydrogen-bond acceptors (Lipinski definition) is 7. The molecule has 0 unspecified atom stereocenters. The van der Waals surface area contributed by atoms with Gasteiger partial charge >= 0.3 is 5.97 Å². The molecule has 8 nitrogen and oxygen atoms in total. The van der Waals surface area contributed by atoms with Gasteiger partial charge in [-0.2, -0.15) is 5.10 Å². The van der Waals surface area contributed by atoms with Crippen LogP contribution in [0.3, 0.4) is 0 Å². The molecule has 3 rings (SSSR count). The molecule has 10 heteroatoms. The fourth-order valence-corrected chi connectivity index (χ4v) is 3.08. The van der Waals surface area contributed by atoms with Crippen molar-refractivity contribution in [1.29, 1.82) is 0 Å². The van der Waals surface area contributed by atoms with E-state index in [0.29, 0.717) is 29.7 Å². The molecule has 0 fully saturated rings. The minimum Gasteiger partial charge on any atom is -0.466 e. The summed E-state index contributed by atoms with van der Waals surface area (Å²) in [5.74, 6) is -0.633. The number of nitrogens with zero attached hydrogens (tertiary/aromatic N) is 2. The van der Waals surface area contributed by atoms with Gasteiger partial charge in [0.25, 0.3) is 5.91 Å². The van der Waals surface area contributed by atoms with Crippen LogP contribution in [0.2, 0.25) is 0 Å². The van der Waals surface area contributed by atoms with Gasteiger partial charge in [-0.3, -0.25) is 20.0 Å². The number of halogens is 1. The van der Waals surface area contributed by atoms with E-state index in [2.05, 4.69) is 25.8 Å². The van der Waals surface area contributed by atoms with Crippen LogP contribution in [0.15, 0.2) is 5.38 Å². The number of H-pyrrole nitrogens is 1. The number of ether oxygens (including phenoxy) is 1. The van der Waals surface area contributed by atoms with Crippen LogP contribution < -0.4 is 10.6 Å². The molecule has 1 aliphatic rings. The van der Waals surface area contributed by atoms with Gasteiger partial charge in [-0.15, -0.1) is 23.7 Å². The molecule has 3 heterocycles. The topological polar surface area (TPSA) is 109 Å². The van der Waals surface area contributed by atoms with E-state index in [4.69, 9.17) is 4.74 Å². The number of carbonyl (C=O) groups is 2. The Hall–Kier alpha value is -1.97. The number of amides is 1. The number of fused-ring (bicyclic) bond motifs is 1. The van der Waals surface area contributed by atoms with Crippen LogP contribution >= 0.6 is 23.7 Å². The Morgan fingerprint density at radius 3 is 3.08 bits per heavy atom. The van der Waals surface area contributed by atoms with Crippen molar-refractivity contribution in [3.63, 3.8) is 0 Å². The molecular formula is C14H18ClN5O3S. The van der Waals surface area contributed by atoms with E-state index >= 15 is 0 Å². The maximum Gasteiger partial charge on any atom is 0.311 e. The van der Waals surface area contributed by atoms with Crippen molar-refractivity contribution < 1.29 is 14.3 Å². The van der Waals surface area contributed by atoms with Crippen LogP contribution in [0.25, 0.3) is 0 Å². The summed E-state index contributed by atoms with van der Waals surface area (Å²) in [6.45, 7) is 3.59. The lowest BCUT2D eigenvalue weighted by molar-refractivity contribution is -0.142. The maximum absolute atomic E-state index is 12.3. The lowest BCUT2D eigenvalue weighted by atomic mass is 10.1. The first-order valence-corrected chi connectivity index (χ1v) is 8.23. The highest BCUT2D eigenvalue weighted by molar-refractivity contribution is 7.14. The van der Waals surface area contributed by atoms with Gasteiger partial charge < -0.3 is 10.1 Å². The second kappa shape index (κ2) is 8.22. The van der Waals surface area contributed by atoms with Gasteiger partial charge in [-0.05, 0) is 6.92 Å². The summed E-state index contributed by atoms with van der Waals surface area (Å²) < 4.78 is 4.87. The molecule has 0 aromatic carbocycles. The standard InChI is InChI=1S/C14H17N5O3S.ClH/c1-2-22-11(20)5-8-7-23-14(16-8)17-13(21)12-9-6-15-4-3-10(9)18-19-12;/h7,15H,2-6H2,1H3,(H,18,19)(H,16,17,21);1H. The summed E-state index contributed by atoms with van der Waals surface area (Å²) >= 11 is 1.27. The summed E-state index contributed by atoms with van der Waals surface area (Å²) in [7, 11) is 0. The second-order valence-electron chi connectivity index (χ2n) is 5.04. The molecule has 0 spiro atoms. The number of rotatable bonds is 5. The largest absolute Gasteiger partial charge is 0.466 e. The van der Waals surface area contributed by atoms with Crippen LogP contribution in [0.4, 0.5) is 5.13 Å². The molecule has 130 valence electrons. The van der Waals surface area contributed by atoms with Crippen LogP contribution in [0.1, 0.15) is 34.4 Å². The first-order valence-electron chi connectivity index (χ1n) is 7.35. The average Bonchev–Trinajstić information content (AvgIpc) is 3.14. The second-order valence-corrected chi connectivity index (χ2v) is 5.89. The first kappa shape index (κ1) is 18.4. The molecule has 0 saturated carbocycles. The van der Waals surface area contributed by atoms with Crippen molar-refractivity contribution in [1.82, 2.24) is 20.5 Å². The Labute approximate surface area is 148 Å². The highest BCUT2D eigenvalue weighted by atomic mass is 35.5. The number of hydrogen-bond donors (Lipinski definition) is 3. The molecule has 0 aliphatic carbocycles. The summed E-state index contributed by atoms with van der Waals surface area (Å²) in [6, 6.07) is 0. The zero-order valence-corrected chi connectivity index (χ0v) is 14.7. The lowest BCUT2D eigenvalue weighted by Gasteiger charge is -2.12. The molecule has 3 N–H and O–H groups in total. The van der Waals surface area contributed by atoms with Gasteiger partial charge in [0.05, 0.1) is 18.7 Å². The highest BCUT2D eigenvalue weighted by Crippen LogP contribution is 2.20. The minimum absolute atomic E-state index is 0. The Balaban J connectivity index is 0.00000208. The van der Waals surface area contributed by atoms with Gasteiger partial charge in [-0.25, -0.2) is 4.98 Å². The van der Waals surface area contributed by atoms with Gasteiger partial charge in [-0.1, -0.05) is 0 Å². The predicted molar refractivity (Wildman–Crippen MR) is 91.7 cm³/mol. The van der Waals surface area contributed by atoms with Gasteiger partial charge in [0.1, 0.15) is 0 Å². The summed E-state index contributed by atoms with van der Waals surface area (Å²) in [6.07, 6.45) is 0.929. The fraction of sp³-hybridized carbons (Fsp3) is 0.429. The number of thiazole rings is 1. The van der Waals surface area contributed by atoms with E-state index in [-0.39, 0.29) is 30.7 Å². The van der Waals surface area contributed by atoms with Crippen LogP contribution in [0, 0.1) is 0 Å². The molecule has 2 aromatic rings. The molecule has 2 aromatic heterocycles. The monoisotopic (exact) mass is 371 g/mol. The summed E-state index contributed by atoms with van der Waals surface area (Å²) in [5.41, 5.74) is 2.86. The van der Waals surface area contributed by atoms with E-state index in [9.17, 15) is 9.59 Å².